The fraction of sp³-hybridized carbons (Fsp3) is 0.0769. The third-order valence-corrected chi connectivity index (χ3v) is 4.99. The smallest absolute Gasteiger partial charge is 0.263 e. The highest BCUT2D eigenvalue weighted by Crippen LogP contribution is 2.25. The lowest BCUT2D eigenvalue weighted by atomic mass is 10.2. The molecule has 0 heterocycles. The van der Waals surface area contributed by atoms with Crippen LogP contribution in [0.25, 0.3) is 0 Å². The molecule has 100 valence electrons. The van der Waals surface area contributed by atoms with E-state index in [-0.39, 0.29) is 11.4 Å². The van der Waals surface area contributed by atoms with Gasteiger partial charge in [-0.3, -0.25) is 4.72 Å². The van der Waals surface area contributed by atoms with Crippen molar-refractivity contribution >= 4 is 31.6 Å². The van der Waals surface area contributed by atoms with Gasteiger partial charge in [0.25, 0.3) is 10.0 Å². The Hall–Kier alpha value is -1.37. The summed E-state index contributed by atoms with van der Waals surface area (Å²) in [4.78, 5) is 0.196. The molecule has 6 heteroatoms. The van der Waals surface area contributed by atoms with Crippen molar-refractivity contribution in [2.45, 2.75) is 11.4 Å². The van der Waals surface area contributed by atoms with E-state index in [2.05, 4.69) is 20.7 Å². The molecule has 0 atom stereocenters. The molecule has 0 aliphatic heterocycles. The second kappa shape index (κ2) is 5.73. The minimum atomic E-state index is -3.63. The van der Waals surface area contributed by atoms with Gasteiger partial charge in [0.15, 0.2) is 0 Å². The molecule has 0 spiro atoms. The second-order valence-electron chi connectivity index (χ2n) is 3.90. The molecule has 0 saturated carbocycles. The van der Waals surface area contributed by atoms with Crippen molar-refractivity contribution < 1.29 is 8.42 Å². The van der Waals surface area contributed by atoms with E-state index in [0.29, 0.717) is 10.2 Å². The molecule has 0 amide bonds. The molecular weight excluding hydrogens is 328 g/mol. The summed E-state index contributed by atoms with van der Waals surface area (Å²) in [5, 5.41) is 0. The van der Waals surface area contributed by atoms with Gasteiger partial charge in [-0.15, -0.1) is 0 Å². The first-order valence-electron chi connectivity index (χ1n) is 5.60. The van der Waals surface area contributed by atoms with Gasteiger partial charge in [-0.2, -0.15) is 0 Å². The molecule has 19 heavy (non-hydrogen) atoms. The van der Waals surface area contributed by atoms with Crippen LogP contribution in [0.4, 0.5) is 5.69 Å². The zero-order chi connectivity index (χ0) is 13.9. The number of anilines is 1. The first-order chi connectivity index (χ1) is 9.04. The van der Waals surface area contributed by atoms with Crippen molar-refractivity contribution in [1.82, 2.24) is 0 Å². The van der Waals surface area contributed by atoms with Crippen LogP contribution in [0.3, 0.4) is 0 Å². The molecule has 0 aliphatic carbocycles. The average Bonchev–Trinajstić information content (AvgIpc) is 2.39. The molecule has 2 aromatic rings. The van der Waals surface area contributed by atoms with E-state index in [9.17, 15) is 8.42 Å². The number of nitrogens with two attached hydrogens (primary N) is 1. The predicted molar refractivity (Wildman–Crippen MR) is 79.3 cm³/mol. The first kappa shape index (κ1) is 14.0. The Morgan fingerprint density at radius 3 is 2.37 bits per heavy atom. The summed E-state index contributed by atoms with van der Waals surface area (Å²) >= 11 is 3.24. The fourth-order valence-corrected chi connectivity index (χ4v) is 3.77. The van der Waals surface area contributed by atoms with Crippen molar-refractivity contribution in [3.05, 3.63) is 58.6 Å². The topological polar surface area (TPSA) is 72.2 Å². The number of hydrogen-bond donors (Lipinski definition) is 2. The van der Waals surface area contributed by atoms with E-state index >= 15 is 0 Å². The van der Waals surface area contributed by atoms with Crippen LogP contribution >= 0.6 is 15.9 Å². The van der Waals surface area contributed by atoms with E-state index in [1.165, 1.54) is 6.07 Å². The van der Waals surface area contributed by atoms with Crippen LogP contribution in [0, 0.1) is 0 Å². The number of para-hydroxylation sites is 1. The van der Waals surface area contributed by atoms with Gasteiger partial charge in [0.2, 0.25) is 0 Å². The fourth-order valence-electron chi connectivity index (χ4n) is 1.66. The maximum absolute atomic E-state index is 12.3. The van der Waals surface area contributed by atoms with Crippen LogP contribution < -0.4 is 10.5 Å². The van der Waals surface area contributed by atoms with Gasteiger partial charge in [0, 0.05) is 11.0 Å². The van der Waals surface area contributed by atoms with E-state index in [1.54, 1.807) is 36.4 Å². The maximum atomic E-state index is 12.3. The van der Waals surface area contributed by atoms with Gasteiger partial charge >= 0.3 is 0 Å². The molecule has 0 fully saturated rings. The number of sulfonamides is 1. The third-order valence-electron chi connectivity index (χ3n) is 2.61. The summed E-state index contributed by atoms with van der Waals surface area (Å²) in [5.74, 6) is 0. The molecule has 2 rings (SSSR count). The van der Waals surface area contributed by atoms with Crippen LogP contribution in [-0.4, -0.2) is 8.42 Å². The lowest BCUT2D eigenvalue weighted by molar-refractivity contribution is 0.600. The minimum absolute atomic E-state index is 0.196. The molecule has 4 nitrogen and oxygen atoms in total. The number of rotatable bonds is 4. The number of benzene rings is 2. The van der Waals surface area contributed by atoms with Gasteiger partial charge in [-0.25, -0.2) is 8.42 Å². The molecule has 0 saturated heterocycles. The van der Waals surface area contributed by atoms with Crippen molar-refractivity contribution in [2.24, 2.45) is 5.73 Å². The van der Waals surface area contributed by atoms with Crippen LogP contribution in [0.15, 0.2) is 57.9 Å². The lowest BCUT2D eigenvalue weighted by Crippen LogP contribution is -2.15. The second-order valence-corrected chi connectivity index (χ2v) is 6.40. The average molecular weight is 341 g/mol. The molecule has 0 unspecified atom stereocenters. The van der Waals surface area contributed by atoms with Crippen molar-refractivity contribution in [2.75, 3.05) is 4.72 Å². The zero-order valence-electron chi connectivity index (χ0n) is 10.0. The number of nitrogens with one attached hydrogen (secondary N) is 1. The summed E-state index contributed by atoms with van der Waals surface area (Å²) in [7, 11) is -3.63. The molecule has 0 bridgehead atoms. The van der Waals surface area contributed by atoms with Gasteiger partial charge in [0.05, 0.1) is 5.69 Å². The highest BCUT2D eigenvalue weighted by molar-refractivity contribution is 9.10. The standard InChI is InChI=1S/C13H13BrN2O2S/c14-11-6-2-4-8-13(11)19(17,18)16-12-7-3-1-5-10(12)9-15/h1-8,16H,9,15H2. The van der Waals surface area contributed by atoms with Crippen LogP contribution in [0.5, 0.6) is 0 Å². The molecule has 2 aromatic carbocycles. The first-order valence-corrected chi connectivity index (χ1v) is 7.87. The molecule has 0 aromatic heterocycles. The Kier molecular flexibility index (Phi) is 4.24. The van der Waals surface area contributed by atoms with Crippen molar-refractivity contribution in [3.8, 4) is 0 Å². The van der Waals surface area contributed by atoms with Crippen molar-refractivity contribution in [3.63, 3.8) is 0 Å². The SMILES string of the molecule is NCc1ccccc1NS(=O)(=O)c1ccccc1Br. The molecular formula is C13H13BrN2O2S. The Bertz CT molecular complexity index is 687. The summed E-state index contributed by atoms with van der Waals surface area (Å²) in [6.45, 7) is 0.272. The highest BCUT2D eigenvalue weighted by Gasteiger charge is 2.18. The molecule has 0 radical (unpaired) electrons. The summed E-state index contributed by atoms with van der Waals surface area (Å²) in [5.41, 5.74) is 6.84. The van der Waals surface area contributed by atoms with Crippen LogP contribution in [-0.2, 0) is 16.6 Å². The maximum Gasteiger partial charge on any atom is 0.263 e. The predicted octanol–water partition coefficient (Wildman–Crippen LogP) is 2.71. The van der Waals surface area contributed by atoms with E-state index < -0.39 is 10.0 Å². The summed E-state index contributed by atoms with van der Waals surface area (Å²) in [6, 6.07) is 13.7. The minimum Gasteiger partial charge on any atom is -0.326 e. The third kappa shape index (κ3) is 3.15. The number of halogens is 1. The monoisotopic (exact) mass is 340 g/mol. The van der Waals surface area contributed by atoms with Gasteiger partial charge in [0.1, 0.15) is 4.90 Å². The quantitative estimate of drug-likeness (QED) is 0.898. The lowest BCUT2D eigenvalue weighted by Gasteiger charge is -2.12. The van der Waals surface area contributed by atoms with Crippen LogP contribution in [0.1, 0.15) is 5.56 Å². The molecule has 0 aliphatic rings. The van der Waals surface area contributed by atoms with Crippen LogP contribution in [0.2, 0.25) is 0 Å². The highest BCUT2D eigenvalue weighted by atomic mass is 79.9. The van der Waals surface area contributed by atoms with Gasteiger partial charge < -0.3 is 5.73 Å². The van der Waals surface area contributed by atoms with E-state index in [0.717, 1.165) is 5.56 Å². The van der Waals surface area contributed by atoms with E-state index in [4.69, 9.17) is 5.73 Å². The Labute approximate surface area is 120 Å². The zero-order valence-corrected chi connectivity index (χ0v) is 12.4. The normalized spacial score (nSPS) is 11.3. The largest absolute Gasteiger partial charge is 0.326 e. The Morgan fingerprint density at radius 1 is 1.05 bits per heavy atom. The van der Waals surface area contributed by atoms with Gasteiger partial charge in [-0.1, -0.05) is 30.3 Å². The Balaban J connectivity index is 2.40. The number of hydrogen-bond acceptors (Lipinski definition) is 3. The van der Waals surface area contributed by atoms with Gasteiger partial charge in [-0.05, 0) is 39.7 Å². The summed E-state index contributed by atoms with van der Waals surface area (Å²) in [6.07, 6.45) is 0. The van der Waals surface area contributed by atoms with Crippen molar-refractivity contribution in [1.29, 1.82) is 0 Å². The summed E-state index contributed by atoms with van der Waals surface area (Å²) < 4.78 is 27.7. The van der Waals surface area contributed by atoms with E-state index in [1.807, 2.05) is 6.07 Å². The molecule has 3 N–H and O–H groups in total. The Morgan fingerprint density at radius 2 is 1.68 bits per heavy atom.